The summed E-state index contributed by atoms with van der Waals surface area (Å²) in [7, 11) is 0. The minimum Gasteiger partial charge on any atom is -0.339 e. The van der Waals surface area contributed by atoms with Crippen molar-refractivity contribution in [2.24, 2.45) is 0 Å². The summed E-state index contributed by atoms with van der Waals surface area (Å²) in [5, 5.41) is 5.90. The van der Waals surface area contributed by atoms with Crippen LogP contribution in [0.3, 0.4) is 0 Å². The predicted molar refractivity (Wildman–Crippen MR) is 83.7 cm³/mol. The summed E-state index contributed by atoms with van der Waals surface area (Å²) >= 11 is 1.52. The van der Waals surface area contributed by atoms with Gasteiger partial charge in [-0.15, -0.1) is 11.3 Å². The minimum absolute atomic E-state index is 0.143. The monoisotopic (exact) mass is 329 g/mol. The van der Waals surface area contributed by atoms with Gasteiger partial charge in [0.15, 0.2) is 0 Å². The number of benzene rings is 1. The largest absolute Gasteiger partial charge is 0.339 e. The van der Waals surface area contributed by atoms with E-state index in [0.29, 0.717) is 18.3 Å². The molecule has 0 bridgehead atoms. The lowest BCUT2D eigenvalue weighted by Crippen LogP contribution is -2.25. The van der Waals surface area contributed by atoms with E-state index in [1.54, 1.807) is 18.2 Å². The number of thiophene rings is 1. The molecule has 1 atom stereocenters. The summed E-state index contributed by atoms with van der Waals surface area (Å²) in [6, 6.07) is 10.1. The van der Waals surface area contributed by atoms with Gasteiger partial charge < -0.3 is 9.42 Å². The topological polar surface area (TPSA) is 59.2 Å². The van der Waals surface area contributed by atoms with Crippen molar-refractivity contribution in [3.8, 4) is 10.7 Å². The van der Waals surface area contributed by atoms with Gasteiger partial charge in [0, 0.05) is 13.0 Å². The Balaban J connectivity index is 1.58. The number of hydrogen-bond acceptors (Lipinski definition) is 5. The highest BCUT2D eigenvalue weighted by Crippen LogP contribution is 2.33. The maximum absolute atomic E-state index is 13.9. The van der Waals surface area contributed by atoms with Gasteiger partial charge in [0.25, 0.3) is 0 Å². The number of halogens is 1. The second-order valence-corrected chi connectivity index (χ2v) is 6.24. The Labute approximate surface area is 135 Å². The second-order valence-electron chi connectivity index (χ2n) is 5.29. The van der Waals surface area contributed by atoms with Gasteiger partial charge in [0.05, 0.1) is 16.5 Å². The molecular weight excluding hydrogens is 317 g/mol. The Bertz CT molecular complexity index is 847. The van der Waals surface area contributed by atoms with Gasteiger partial charge >= 0.3 is 0 Å². The van der Waals surface area contributed by atoms with E-state index < -0.39 is 5.82 Å². The molecule has 0 spiro atoms. The highest BCUT2D eigenvalue weighted by atomic mass is 32.1. The third-order valence-corrected chi connectivity index (χ3v) is 4.67. The maximum atomic E-state index is 13.9. The number of rotatable bonds is 3. The van der Waals surface area contributed by atoms with Gasteiger partial charge in [-0.05, 0) is 23.6 Å². The van der Waals surface area contributed by atoms with Crippen LogP contribution in [-0.4, -0.2) is 22.6 Å². The fourth-order valence-electron chi connectivity index (χ4n) is 2.68. The average molecular weight is 329 g/mol. The first-order valence-corrected chi connectivity index (χ1v) is 8.02. The van der Waals surface area contributed by atoms with E-state index in [0.717, 1.165) is 4.88 Å². The van der Waals surface area contributed by atoms with Crippen molar-refractivity contribution in [1.82, 2.24) is 10.1 Å². The normalized spacial score (nSPS) is 17.9. The molecule has 116 valence electrons. The van der Waals surface area contributed by atoms with Crippen LogP contribution in [-0.2, 0) is 4.79 Å². The SMILES string of the molecule is O=C1CC(c2nc(-c3cccs3)no2)CN1c1ccccc1F. The molecule has 7 heteroatoms. The van der Waals surface area contributed by atoms with Crippen LogP contribution in [0.1, 0.15) is 18.2 Å². The summed E-state index contributed by atoms with van der Waals surface area (Å²) in [5.74, 6) is 0.165. The van der Waals surface area contributed by atoms with Crippen LogP contribution in [0.4, 0.5) is 10.1 Å². The molecule has 1 aliphatic rings. The molecule has 0 N–H and O–H groups in total. The van der Waals surface area contributed by atoms with Crippen LogP contribution < -0.4 is 4.90 Å². The third kappa shape index (κ3) is 2.53. The van der Waals surface area contributed by atoms with E-state index in [1.807, 2.05) is 17.5 Å². The second kappa shape index (κ2) is 5.58. The average Bonchev–Trinajstić information content (AvgIpc) is 3.27. The Morgan fingerprint density at radius 3 is 2.91 bits per heavy atom. The van der Waals surface area contributed by atoms with Crippen molar-refractivity contribution in [1.29, 1.82) is 0 Å². The van der Waals surface area contributed by atoms with Gasteiger partial charge in [-0.1, -0.05) is 23.4 Å². The van der Waals surface area contributed by atoms with E-state index in [-0.39, 0.29) is 23.9 Å². The predicted octanol–water partition coefficient (Wildman–Crippen LogP) is 3.46. The molecule has 1 aliphatic heterocycles. The van der Waals surface area contributed by atoms with E-state index >= 15 is 0 Å². The molecule has 2 aromatic heterocycles. The molecule has 0 saturated carbocycles. The number of aromatic nitrogens is 2. The standard InChI is InChI=1S/C16H12FN3O2S/c17-11-4-1-2-5-12(11)20-9-10(8-14(20)21)16-18-15(19-22-16)13-6-3-7-23-13/h1-7,10H,8-9H2. The number of hydrogen-bond donors (Lipinski definition) is 0. The van der Waals surface area contributed by atoms with Crippen LogP contribution in [0.25, 0.3) is 10.7 Å². The number of anilines is 1. The zero-order valence-electron chi connectivity index (χ0n) is 12.0. The molecular formula is C16H12FN3O2S. The van der Waals surface area contributed by atoms with Gasteiger partial charge in [0.2, 0.25) is 17.6 Å². The Hall–Kier alpha value is -2.54. The lowest BCUT2D eigenvalue weighted by molar-refractivity contribution is -0.117. The van der Waals surface area contributed by atoms with Gasteiger partial charge in [-0.25, -0.2) is 4.39 Å². The van der Waals surface area contributed by atoms with E-state index in [4.69, 9.17) is 4.52 Å². The number of nitrogens with zero attached hydrogens (tertiary/aromatic N) is 3. The molecule has 1 aromatic carbocycles. The molecule has 1 fully saturated rings. The van der Waals surface area contributed by atoms with Crippen LogP contribution >= 0.6 is 11.3 Å². The minimum atomic E-state index is -0.411. The maximum Gasteiger partial charge on any atom is 0.232 e. The summed E-state index contributed by atoms with van der Waals surface area (Å²) in [5.41, 5.74) is 0.290. The quantitative estimate of drug-likeness (QED) is 0.738. The molecule has 5 nitrogen and oxygen atoms in total. The Morgan fingerprint density at radius 2 is 2.13 bits per heavy atom. The fourth-order valence-corrected chi connectivity index (χ4v) is 3.33. The smallest absolute Gasteiger partial charge is 0.232 e. The first-order valence-electron chi connectivity index (χ1n) is 7.15. The number of amides is 1. The molecule has 3 heterocycles. The van der Waals surface area contributed by atoms with Crippen molar-refractivity contribution in [2.45, 2.75) is 12.3 Å². The lowest BCUT2D eigenvalue weighted by atomic mass is 10.1. The van der Waals surface area contributed by atoms with E-state index in [1.165, 1.54) is 22.3 Å². The highest BCUT2D eigenvalue weighted by Gasteiger charge is 2.36. The molecule has 0 radical (unpaired) electrons. The lowest BCUT2D eigenvalue weighted by Gasteiger charge is -2.16. The van der Waals surface area contributed by atoms with Gasteiger partial charge in [0.1, 0.15) is 5.82 Å². The van der Waals surface area contributed by atoms with Gasteiger partial charge in [-0.2, -0.15) is 4.98 Å². The molecule has 4 rings (SSSR count). The molecule has 1 unspecified atom stereocenters. The van der Waals surface area contributed by atoms with Crippen molar-refractivity contribution in [3.05, 3.63) is 53.5 Å². The molecule has 23 heavy (non-hydrogen) atoms. The van der Waals surface area contributed by atoms with Crippen molar-refractivity contribution < 1.29 is 13.7 Å². The van der Waals surface area contributed by atoms with Crippen LogP contribution in [0.2, 0.25) is 0 Å². The number of carbonyl (C=O) groups excluding carboxylic acids is 1. The van der Waals surface area contributed by atoms with E-state index in [2.05, 4.69) is 10.1 Å². The molecule has 1 amide bonds. The van der Waals surface area contributed by atoms with Gasteiger partial charge in [-0.3, -0.25) is 4.79 Å². The summed E-state index contributed by atoms with van der Waals surface area (Å²) in [6.45, 7) is 0.339. The van der Waals surface area contributed by atoms with Crippen molar-refractivity contribution in [3.63, 3.8) is 0 Å². The van der Waals surface area contributed by atoms with Crippen LogP contribution in [0.5, 0.6) is 0 Å². The summed E-state index contributed by atoms with van der Waals surface area (Å²) in [4.78, 5) is 18.9. The molecule has 0 aliphatic carbocycles. The first-order chi connectivity index (χ1) is 11.2. The van der Waals surface area contributed by atoms with E-state index in [9.17, 15) is 9.18 Å². The Kier molecular flexibility index (Phi) is 3.42. The van der Waals surface area contributed by atoms with Crippen LogP contribution in [0.15, 0.2) is 46.3 Å². The van der Waals surface area contributed by atoms with Crippen LogP contribution in [0, 0.1) is 5.82 Å². The highest BCUT2D eigenvalue weighted by molar-refractivity contribution is 7.13. The third-order valence-electron chi connectivity index (χ3n) is 3.80. The van der Waals surface area contributed by atoms with Crippen molar-refractivity contribution >= 4 is 22.9 Å². The summed E-state index contributed by atoms with van der Waals surface area (Å²) in [6.07, 6.45) is 0.237. The number of carbonyl (C=O) groups is 1. The molecule has 1 saturated heterocycles. The first kappa shape index (κ1) is 14.1. The number of para-hydroxylation sites is 1. The zero-order chi connectivity index (χ0) is 15.8. The van der Waals surface area contributed by atoms with Crippen molar-refractivity contribution in [2.75, 3.05) is 11.4 Å². The molecule has 3 aromatic rings. The Morgan fingerprint density at radius 1 is 1.26 bits per heavy atom. The summed E-state index contributed by atoms with van der Waals surface area (Å²) < 4.78 is 19.2. The zero-order valence-corrected chi connectivity index (χ0v) is 12.8. The fraction of sp³-hybridized carbons (Fsp3) is 0.188.